The average molecular weight is 401 g/mol. The number of anilines is 1. The molecule has 6 nitrogen and oxygen atoms in total. The zero-order chi connectivity index (χ0) is 19.5. The van der Waals surface area contributed by atoms with Gasteiger partial charge in [0.15, 0.2) is 0 Å². The molecule has 0 fully saturated rings. The molecular weight excluding hydrogens is 383 g/mol. The van der Waals surface area contributed by atoms with E-state index in [1.807, 2.05) is 0 Å². The highest BCUT2D eigenvalue weighted by Gasteiger charge is 2.24. The molecule has 2 aromatic carbocycles. The summed E-state index contributed by atoms with van der Waals surface area (Å²) in [6, 6.07) is 8.21. The molecular formula is C17H18ClFN2O4S. The highest BCUT2D eigenvalue weighted by molar-refractivity contribution is 7.89. The minimum Gasteiger partial charge on any atom is -0.495 e. The van der Waals surface area contributed by atoms with Crippen LogP contribution >= 0.6 is 11.6 Å². The number of methoxy groups -OCH3 is 1. The Morgan fingerprint density at radius 1 is 1.31 bits per heavy atom. The monoisotopic (exact) mass is 400 g/mol. The Bertz CT molecular complexity index is 914. The lowest BCUT2D eigenvalue weighted by molar-refractivity contribution is -0.114. The Balaban J connectivity index is 2.38. The summed E-state index contributed by atoms with van der Waals surface area (Å²) in [4.78, 5) is 11.2. The van der Waals surface area contributed by atoms with Crippen LogP contribution in [-0.4, -0.2) is 32.8 Å². The standard InChI is InChI=1S/C17H18ClFN2O4S/c1-11(22)20-16-9-12(7-8-17(16)25-3)26(23,24)21(2)10-13-14(18)5-4-6-15(13)19/h4-9H,10H2,1-3H3,(H,20,22). The summed E-state index contributed by atoms with van der Waals surface area (Å²) in [7, 11) is -1.23. The van der Waals surface area contributed by atoms with Crippen LogP contribution in [0.15, 0.2) is 41.3 Å². The van der Waals surface area contributed by atoms with Crippen molar-refractivity contribution in [1.82, 2.24) is 4.31 Å². The van der Waals surface area contributed by atoms with Crippen LogP contribution in [0.5, 0.6) is 5.75 Å². The molecule has 0 aliphatic rings. The minimum absolute atomic E-state index is 0.0722. The van der Waals surface area contributed by atoms with Gasteiger partial charge in [-0.2, -0.15) is 4.31 Å². The van der Waals surface area contributed by atoms with E-state index in [0.717, 1.165) is 4.31 Å². The van der Waals surface area contributed by atoms with E-state index in [0.29, 0.717) is 5.75 Å². The molecule has 0 radical (unpaired) electrons. The predicted octanol–water partition coefficient (Wildman–Crippen LogP) is 3.27. The quantitative estimate of drug-likeness (QED) is 0.807. The lowest BCUT2D eigenvalue weighted by Crippen LogP contribution is -2.27. The van der Waals surface area contributed by atoms with Gasteiger partial charge in [-0.1, -0.05) is 17.7 Å². The first kappa shape index (κ1) is 20.2. The van der Waals surface area contributed by atoms with Crippen LogP contribution in [0.3, 0.4) is 0 Å². The number of nitrogens with one attached hydrogen (secondary N) is 1. The molecule has 2 aromatic rings. The van der Waals surface area contributed by atoms with Crippen molar-refractivity contribution in [2.75, 3.05) is 19.5 Å². The maximum atomic E-state index is 13.9. The number of benzene rings is 2. The van der Waals surface area contributed by atoms with Crippen LogP contribution in [0.1, 0.15) is 12.5 Å². The number of sulfonamides is 1. The van der Waals surface area contributed by atoms with Gasteiger partial charge < -0.3 is 10.1 Å². The van der Waals surface area contributed by atoms with Gasteiger partial charge in [0, 0.05) is 31.1 Å². The Morgan fingerprint density at radius 3 is 2.58 bits per heavy atom. The normalized spacial score (nSPS) is 11.5. The molecule has 0 aliphatic carbocycles. The van der Waals surface area contributed by atoms with E-state index in [-0.39, 0.29) is 33.6 Å². The molecule has 0 spiro atoms. The molecule has 0 bridgehead atoms. The molecule has 0 aliphatic heterocycles. The second-order valence-corrected chi connectivity index (χ2v) is 7.96. The molecule has 0 saturated carbocycles. The summed E-state index contributed by atoms with van der Waals surface area (Å²) in [6.45, 7) is 1.06. The van der Waals surface area contributed by atoms with Crippen molar-refractivity contribution < 1.29 is 22.3 Å². The third kappa shape index (κ3) is 4.32. The molecule has 2 rings (SSSR count). The van der Waals surface area contributed by atoms with E-state index in [1.54, 1.807) is 0 Å². The van der Waals surface area contributed by atoms with Crippen LogP contribution in [-0.2, 0) is 21.4 Å². The average Bonchev–Trinajstić information content (AvgIpc) is 2.57. The molecule has 1 amide bonds. The van der Waals surface area contributed by atoms with Crippen molar-refractivity contribution in [3.05, 3.63) is 52.8 Å². The first-order chi connectivity index (χ1) is 12.2. The van der Waals surface area contributed by atoms with Gasteiger partial charge in [0.2, 0.25) is 15.9 Å². The second-order valence-electron chi connectivity index (χ2n) is 5.50. The SMILES string of the molecule is COc1ccc(S(=O)(=O)N(C)Cc2c(F)cccc2Cl)cc1NC(C)=O. The largest absolute Gasteiger partial charge is 0.495 e. The number of hydrogen-bond donors (Lipinski definition) is 1. The van der Waals surface area contributed by atoms with Crippen LogP contribution in [0.25, 0.3) is 0 Å². The van der Waals surface area contributed by atoms with Crippen LogP contribution in [0, 0.1) is 5.82 Å². The Morgan fingerprint density at radius 2 is 2.00 bits per heavy atom. The summed E-state index contributed by atoms with van der Waals surface area (Å²) in [5, 5.41) is 2.66. The number of hydrogen-bond acceptors (Lipinski definition) is 4. The van der Waals surface area contributed by atoms with Gasteiger partial charge in [0.1, 0.15) is 11.6 Å². The van der Waals surface area contributed by atoms with E-state index in [2.05, 4.69) is 5.32 Å². The van der Waals surface area contributed by atoms with Gasteiger partial charge in [-0.3, -0.25) is 4.79 Å². The van der Waals surface area contributed by atoms with Gasteiger partial charge in [-0.25, -0.2) is 12.8 Å². The van der Waals surface area contributed by atoms with E-state index in [9.17, 15) is 17.6 Å². The van der Waals surface area contributed by atoms with E-state index in [1.165, 1.54) is 57.5 Å². The molecule has 0 atom stereocenters. The predicted molar refractivity (Wildman–Crippen MR) is 97.4 cm³/mol. The van der Waals surface area contributed by atoms with Gasteiger partial charge in [-0.15, -0.1) is 0 Å². The second kappa shape index (κ2) is 8.03. The molecule has 0 saturated heterocycles. The van der Waals surface area contributed by atoms with Gasteiger partial charge >= 0.3 is 0 Å². The zero-order valence-electron chi connectivity index (χ0n) is 14.4. The Hall–Kier alpha value is -2.16. The number of carbonyl (C=O) groups excluding carboxylic acids is 1. The number of carbonyl (C=O) groups is 1. The first-order valence-electron chi connectivity index (χ1n) is 7.51. The fraction of sp³-hybridized carbons (Fsp3) is 0.235. The number of ether oxygens (including phenoxy) is 1. The number of nitrogens with zero attached hydrogens (tertiary/aromatic N) is 1. The van der Waals surface area contributed by atoms with Crippen molar-refractivity contribution in [3.8, 4) is 5.75 Å². The molecule has 26 heavy (non-hydrogen) atoms. The topological polar surface area (TPSA) is 75.7 Å². The van der Waals surface area contributed by atoms with Crippen molar-refractivity contribution >= 4 is 33.2 Å². The number of amides is 1. The summed E-state index contributed by atoms with van der Waals surface area (Å²) in [6.07, 6.45) is 0. The van der Waals surface area contributed by atoms with Crippen LogP contribution < -0.4 is 10.1 Å². The van der Waals surface area contributed by atoms with Crippen molar-refractivity contribution in [1.29, 1.82) is 0 Å². The Labute approximate surface area is 156 Å². The number of halogens is 2. The van der Waals surface area contributed by atoms with Crippen molar-refractivity contribution in [2.45, 2.75) is 18.4 Å². The minimum atomic E-state index is -3.95. The van der Waals surface area contributed by atoms with E-state index >= 15 is 0 Å². The molecule has 140 valence electrons. The third-order valence-electron chi connectivity index (χ3n) is 3.63. The molecule has 0 unspecified atom stereocenters. The van der Waals surface area contributed by atoms with Gasteiger partial charge in [-0.05, 0) is 30.3 Å². The van der Waals surface area contributed by atoms with Crippen LogP contribution in [0.2, 0.25) is 5.02 Å². The summed E-state index contributed by atoms with van der Waals surface area (Å²) in [5.41, 5.74) is 0.300. The van der Waals surface area contributed by atoms with E-state index in [4.69, 9.17) is 16.3 Å². The number of rotatable bonds is 6. The summed E-state index contributed by atoms with van der Waals surface area (Å²) in [5.74, 6) is -0.642. The lowest BCUT2D eigenvalue weighted by Gasteiger charge is -2.19. The highest BCUT2D eigenvalue weighted by atomic mass is 35.5. The zero-order valence-corrected chi connectivity index (χ0v) is 16.0. The molecule has 0 heterocycles. The van der Waals surface area contributed by atoms with Crippen molar-refractivity contribution in [2.24, 2.45) is 0 Å². The van der Waals surface area contributed by atoms with Gasteiger partial charge in [0.25, 0.3) is 0 Å². The maximum absolute atomic E-state index is 13.9. The first-order valence-corrected chi connectivity index (χ1v) is 9.33. The highest BCUT2D eigenvalue weighted by Crippen LogP contribution is 2.30. The third-order valence-corrected chi connectivity index (χ3v) is 5.79. The fourth-order valence-electron chi connectivity index (χ4n) is 2.31. The van der Waals surface area contributed by atoms with Gasteiger partial charge in [0.05, 0.1) is 17.7 Å². The summed E-state index contributed by atoms with van der Waals surface area (Å²) >= 11 is 5.97. The van der Waals surface area contributed by atoms with E-state index < -0.39 is 15.8 Å². The van der Waals surface area contributed by atoms with Crippen LogP contribution in [0.4, 0.5) is 10.1 Å². The Kier molecular flexibility index (Phi) is 6.22. The molecule has 9 heteroatoms. The smallest absolute Gasteiger partial charge is 0.243 e. The molecule has 1 N–H and O–H groups in total. The lowest BCUT2D eigenvalue weighted by atomic mass is 10.2. The maximum Gasteiger partial charge on any atom is 0.243 e. The fourth-order valence-corrected chi connectivity index (χ4v) is 3.69. The molecule has 0 aromatic heterocycles. The van der Waals surface area contributed by atoms with Crippen molar-refractivity contribution in [3.63, 3.8) is 0 Å². The summed E-state index contributed by atoms with van der Waals surface area (Å²) < 4.78 is 45.6.